The van der Waals surface area contributed by atoms with Crippen molar-refractivity contribution >= 4 is 11.8 Å². The Morgan fingerprint density at radius 1 is 1.12 bits per heavy atom. The molecule has 0 unspecified atom stereocenters. The third-order valence-corrected chi connectivity index (χ3v) is 4.76. The smallest absolute Gasteiger partial charge is 0.277 e. The van der Waals surface area contributed by atoms with Crippen molar-refractivity contribution in [3.05, 3.63) is 54.1 Å². The van der Waals surface area contributed by atoms with Gasteiger partial charge in [-0.1, -0.05) is 42.1 Å². The minimum absolute atomic E-state index is 0.123. The molecule has 2 heterocycles. The van der Waals surface area contributed by atoms with E-state index in [2.05, 4.69) is 22.3 Å². The van der Waals surface area contributed by atoms with Gasteiger partial charge in [0.25, 0.3) is 5.22 Å². The fourth-order valence-electron chi connectivity index (χ4n) is 2.62. The van der Waals surface area contributed by atoms with E-state index in [1.54, 1.807) is 7.11 Å². The Balaban J connectivity index is 1.46. The number of hydrogen-bond donors (Lipinski definition) is 0. The highest BCUT2D eigenvalue weighted by Crippen LogP contribution is 2.36. The van der Waals surface area contributed by atoms with Gasteiger partial charge in [0.05, 0.1) is 6.61 Å². The number of thioether (sulfide) groups is 1. The highest BCUT2D eigenvalue weighted by atomic mass is 32.2. The average Bonchev–Trinajstić information content (AvgIpc) is 3.16. The van der Waals surface area contributed by atoms with Gasteiger partial charge in [-0.25, -0.2) is 0 Å². The second-order valence-corrected chi connectivity index (χ2v) is 6.74. The van der Waals surface area contributed by atoms with E-state index in [0.29, 0.717) is 35.8 Å². The van der Waals surface area contributed by atoms with Crippen LogP contribution in [0.5, 0.6) is 11.5 Å². The van der Waals surface area contributed by atoms with Crippen molar-refractivity contribution in [3.63, 3.8) is 0 Å². The highest BCUT2D eigenvalue weighted by molar-refractivity contribution is 7.98. The molecular weight excluding hydrogens is 352 g/mol. The third-order valence-electron chi connectivity index (χ3n) is 3.87. The first-order valence-corrected chi connectivity index (χ1v) is 9.23. The van der Waals surface area contributed by atoms with Gasteiger partial charge in [0, 0.05) is 18.4 Å². The molecule has 0 amide bonds. The minimum Gasteiger partial charge on any atom is -0.486 e. The van der Waals surface area contributed by atoms with Crippen LogP contribution in [0.4, 0.5) is 0 Å². The fraction of sp³-hybridized carbons (Fsp3) is 0.263. The van der Waals surface area contributed by atoms with Gasteiger partial charge in [-0.05, 0) is 23.8 Å². The van der Waals surface area contributed by atoms with Gasteiger partial charge in [0.15, 0.2) is 17.6 Å². The summed E-state index contributed by atoms with van der Waals surface area (Å²) in [5, 5.41) is 8.80. The average molecular weight is 370 g/mol. The van der Waals surface area contributed by atoms with Crippen LogP contribution in [-0.2, 0) is 10.5 Å². The predicted molar refractivity (Wildman–Crippen MR) is 97.5 cm³/mol. The largest absolute Gasteiger partial charge is 0.486 e. The molecule has 0 spiro atoms. The summed E-state index contributed by atoms with van der Waals surface area (Å²) in [6.07, 6.45) is -0.123. The zero-order valence-corrected chi connectivity index (χ0v) is 15.1. The Morgan fingerprint density at radius 3 is 2.85 bits per heavy atom. The molecule has 6 nitrogen and oxygen atoms in total. The number of fused-ring (bicyclic) bond motifs is 1. The van der Waals surface area contributed by atoms with Crippen LogP contribution in [0.3, 0.4) is 0 Å². The van der Waals surface area contributed by atoms with Gasteiger partial charge in [0.1, 0.15) is 6.61 Å². The van der Waals surface area contributed by atoms with Crippen molar-refractivity contribution in [1.82, 2.24) is 10.2 Å². The standard InChI is InChI=1S/C19H18N2O4S/c1-22-10-15-11-23-16-8-7-14(9-17(16)24-15)18-20-21-19(25-18)26-12-13-5-3-2-4-6-13/h2-9,15H,10-12H2,1H3/t15-/m0/s1. The lowest BCUT2D eigenvalue weighted by molar-refractivity contribution is 0.0272. The molecule has 0 aliphatic carbocycles. The molecule has 0 fully saturated rings. The summed E-state index contributed by atoms with van der Waals surface area (Å²) in [6, 6.07) is 15.8. The predicted octanol–water partition coefficient (Wildman–Crippen LogP) is 3.82. The summed E-state index contributed by atoms with van der Waals surface area (Å²) in [6.45, 7) is 0.950. The molecule has 2 aromatic carbocycles. The molecule has 0 N–H and O–H groups in total. The molecule has 7 heteroatoms. The van der Waals surface area contributed by atoms with Gasteiger partial charge < -0.3 is 18.6 Å². The van der Waals surface area contributed by atoms with Crippen LogP contribution in [0.2, 0.25) is 0 Å². The Labute approximate surface area is 155 Å². The third kappa shape index (κ3) is 3.84. The van der Waals surface area contributed by atoms with Crippen LogP contribution in [-0.4, -0.2) is 36.6 Å². The van der Waals surface area contributed by atoms with Crippen LogP contribution in [0.25, 0.3) is 11.5 Å². The molecule has 4 rings (SSSR count). The van der Waals surface area contributed by atoms with Crippen LogP contribution in [0.15, 0.2) is 58.2 Å². The maximum absolute atomic E-state index is 5.90. The zero-order chi connectivity index (χ0) is 17.8. The van der Waals surface area contributed by atoms with Crippen LogP contribution >= 0.6 is 11.8 Å². The summed E-state index contributed by atoms with van der Waals surface area (Å²) in [7, 11) is 1.64. The topological polar surface area (TPSA) is 66.6 Å². The normalized spacial score (nSPS) is 15.8. The number of aromatic nitrogens is 2. The van der Waals surface area contributed by atoms with Crippen molar-refractivity contribution in [3.8, 4) is 23.0 Å². The summed E-state index contributed by atoms with van der Waals surface area (Å²) in [4.78, 5) is 0. The molecule has 1 aromatic heterocycles. The summed E-state index contributed by atoms with van der Waals surface area (Å²) in [5.74, 6) is 2.61. The monoisotopic (exact) mass is 370 g/mol. The Kier molecular flexibility index (Phi) is 5.08. The van der Waals surface area contributed by atoms with E-state index < -0.39 is 0 Å². The Hall–Kier alpha value is -2.51. The SMILES string of the molecule is COC[C@H]1COc2ccc(-c3nnc(SCc4ccccc4)o3)cc2O1. The number of hydrogen-bond acceptors (Lipinski definition) is 7. The number of nitrogens with zero attached hydrogens (tertiary/aromatic N) is 2. The molecule has 1 atom stereocenters. The summed E-state index contributed by atoms with van der Waals surface area (Å²) in [5.41, 5.74) is 2.00. The van der Waals surface area contributed by atoms with Crippen molar-refractivity contribution < 1.29 is 18.6 Å². The molecule has 0 bridgehead atoms. The van der Waals surface area contributed by atoms with Gasteiger partial charge in [0.2, 0.25) is 5.89 Å². The number of rotatable bonds is 6. The summed E-state index contributed by atoms with van der Waals surface area (Å²) >= 11 is 1.51. The molecule has 0 saturated carbocycles. The number of ether oxygens (including phenoxy) is 3. The van der Waals surface area contributed by atoms with E-state index in [0.717, 1.165) is 11.3 Å². The van der Waals surface area contributed by atoms with E-state index in [4.69, 9.17) is 18.6 Å². The van der Waals surface area contributed by atoms with Gasteiger partial charge in [-0.3, -0.25) is 0 Å². The zero-order valence-electron chi connectivity index (χ0n) is 14.3. The maximum Gasteiger partial charge on any atom is 0.277 e. The van der Waals surface area contributed by atoms with E-state index in [1.165, 1.54) is 17.3 Å². The minimum atomic E-state index is -0.123. The first kappa shape index (κ1) is 16.9. The summed E-state index contributed by atoms with van der Waals surface area (Å²) < 4.78 is 22.5. The van der Waals surface area contributed by atoms with Crippen LogP contribution < -0.4 is 9.47 Å². The van der Waals surface area contributed by atoms with E-state index in [9.17, 15) is 0 Å². The molecule has 1 aliphatic heterocycles. The number of methoxy groups -OCH3 is 1. The first-order chi connectivity index (χ1) is 12.8. The van der Waals surface area contributed by atoms with Crippen molar-refractivity contribution in [2.45, 2.75) is 17.1 Å². The molecule has 0 radical (unpaired) electrons. The van der Waals surface area contributed by atoms with E-state index in [-0.39, 0.29) is 6.10 Å². The van der Waals surface area contributed by atoms with Gasteiger partial charge >= 0.3 is 0 Å². The first-order valence-electron chi connectivity index (χ1n) is 8.25. The van der Waals surface area contributed by atoms with Gasteiger partial charge in [-0.2, -0.15) is 0 Å². The molecule has 26 heavy (non-hydrogen) atoms. The van der Waals surface area contributed by atoms with Crippen molar-refractivity contribution in [1.29, 1.82) is 0 Å². The fourth-order valence-corrected chi connectivity index (χ4v) is 3.34. The molecule has 134 valence electrons. The molecule has 0 saturated heterocycles. The van der Waals surface area contributed by atoms with E-state index in [1.807, 2.05) is 36.4 Å². The highest BCUT2D eigenvalue weighted by Gasteiger charge is 2.22. The van der Waals surface area contributed by atoms with Gasteiger partial charge in [-0.15, -0.1) is 10.2 Å². The molecule has 3 aromatic rings. The quantitative estimate of drug-likeness (QED) is 0.611. The van der Waals surface area contributed by atoms with Crippen LogP contribution in [0, 0.1) is 0 Å². The Morgan fingerprint density at radius 2 is 2.00 bits per heavy atom. The lowest BCUT2D eigenvalue weighted by Crippen LogP contribution is -2.32. The lowest BCUT2D eigenvalue weighted by atomic mass is 10.2. The second kappa shape index (κ2) is 7.80. The second-order valence-electron chi connectivity index (χ2n) is 5.82. The van der Waals surface area contributed by atoms with Crippen LogP contribution in [0.1, 0.15) is 5.56 Å². The van der Waals surface area contributed by atoms with Crippen molar-refractivity contribution in [2.24, 2.45) is 0 Å². The Bertz CT molecular complexity index is 869. The molecular formula is C19H18N2O4S. The lowest BCUT2D eigenvalue weighted by Gasteiger charge is -2.26. The number of benzene rings is 2. The van der Waals surface area contributed by atoms with Crippen molar-refractivity contribution in [2.75, 3.05) is 20.3 Å². The van der Waals surface area contributed by atoms with E-state index >= 15 is 0 Å². The molecule has 1 aliphatic rings. The maximum atomic E-state index is 5.90.